The molecule has 0 amide bonds. The third-order valence-corrected chi connectivity index (χ3v) is 5.86. The lowest BCUT2D eigenvalue weighted by atomic mass is 9.75. The summed E-state index contributed by atoms with van der Waals surface area (Å²) in [6.45, 7) is 0.349. The van der Waals surface area contributed by atoms with Crippen LogP contribution in [0.3, 0.4) is 0 Å². The number of nitrogens with one attached hydrogen (secondary N) is 1. The molecule has 3 aliphatic heterocycles. The number of benzene rings is 2. The van der Waals surface area contributed by atoms with E-state index in [0.29, 0.717) is 24.8 Å². The molecular formula is C21H23NO2. The zero-order valence-electron chi connectivity index (χ0n) is 13.8. The third-order valence-electron chi connectivity index (χ3n) is 5.86. The maximum atomic E-state index is 5.54. The van der Waals surface area contributed by atoms with Gasteiger partial charge in [0.2, 0.25) is 6.79 Å². The molecule has 2 unspecified atom stereocenters. The molecule has 1 fully saturated rings. The Morgan fingerprint density at radius 3 is 2.67 bits per heavy atom. The average Bonchev–Trinajstić information content (AvgIpc) is 3.03. The van der Waals surface area contributed by atoms with Gasteiger partial charge in [-0.05, 0) is 66.8 Å². The molecule has 0 aromatic heterocycles. The van der Waals surface area contributed by atoms with Gasteiger partial charge in [-0.25, -0.2) is 0 Å². The average molecular weight is 321 g/mol. The van der Waals surface area contributed by atoms with Gasteiger partial charge in [-0.3, -0.25) is 0 Å². The smallest absolute Gasteiger partial charge is 0.231 e. The molecule has 2 aromatic carbocycles. The minimum Gasteiger partial charge on any atom is -0.454 e. The first-order valence-electron chi connectivity index (χ1n) is 9.06. The third kappa shape index (κ3) is 2.57. The van der Waals surface area contributed by atoms with Gasteiger partial charge >= 0.3 is 0 Å². The second-order valence-corrected chi connectivity index (χ2v) is 7.38. The van der Waals surface area contributed by atoms with Crippen LogP contribution in [0.25, 0.3) is 0 Å². The van der Waals surface area contributed by atoms with Gasteiger partial charge in [0, 0.05) is 12.1 Å². The molecule has 3 atom stereocenters. The Balaban J connectivity index is 1.39. The van der Waals surface area contributed by atoms with E-state index in [9.17, 15) is 0 Å². The minimum absolute atomic E-state index is 0.349. The van der Waals surface area contributed by atoms with E-state index in [-0.39, 0.29) is 0 Å². The molecular weight excluding hydrogens is 298 g/mol. The Morgan fingerprint density at radius 2 is 1.75 bits per heavy atom. The lowest BCUT2D eigenvalue weighted by Gasteiger charge is -2.41. The Bertz CT molecular complexity index is 757. The van der Waals surface area contributed by atoms with Crippen LogP contribution >= 0.6 is 0 Å². The number of hydrogen-bond donors (Lipinski definition) is 1. The molecule has 0 spiro atoms. The molecule has 1 saturated heterocycles. The zero-order chi connectivity index (χ0) is 15.9. The molecule has 3 heteroatoms. The van der Waals surface area contributed by atoms with Crippen LogP contribution in [-0.2, 0) is 19.3 Å². The van der Waals surface area contributed by atoms with Crippen molar-refractivity contribution < 1.29 is 9.47 Å². The Morgan fingerprint density at radius 1 is 0.917 bits per heavy atom. The highest BCUT2D eigenvalue weighted by Crippen LogP contribution is 2.35. The fraction of sp³-hybridized carbons (Fsp3) is 0.429. The molecule has 1 N–H and O–H groups in total. The van der Waals surface area contributed by atoms with Crippen LogP contribution in [0, 0.1) is 5.92 Å². The highest BCUT2D eigenvalue weighted by Gasteiger charge is 2.33. The van der Waals surface area contributed by atoms with Gasteiger partial charge in [0.05, 0.1) is 0 Å². The normalized spacial score (nSPS) is 27.4. The molecule has 0 saturated carbocycles. The van der Waals surface area contributed by atoms with Crippen LogP contribution in [0.2, 0.25) is 0 Å². The van der Waals surface area contributed by atoms with Gasteiger partial charge in [-0.2, -0.15) is 0 Å². The molecule has 0 radical (unpaired) electrons. The fourth-order valence-electron chi connectivity index (χ4n) is 4.60. The Labute approximate surface area is 143 Å². The molecule has 24 heavy (non-hydrogen) atoms. The van der Waals surface area contributed by atoms with E-state index in [4.69, 9.17) is 9.47 Å². The van der Waals surface area contributed by atoms with Crippen molar-refractivity contribution in [2.45, 2.75) is 44.2 Å². The Hall–Kier alpha value is -2.00. The predicted molar refractivity (Wildman–Crippen MR) is 93.6 cm³/mol. The van der Waals surface area contributed by atoms with Crippen molar-refractivity contribution in [3.63, 3.8) is 0 Å². The zero-order valence-corrected chi connectivity index (χ0v) is 13.8. The van der Waals surface area contributed by atoms with E-state index in [1.54, 1.807) is 11.1 Å². The standard InChI is InChI=1S/C21H23NO2/c1-2-4-16-12-18-7-6-17(11-15(16)3-1)19(22-18)9-14-5-8-20-21(10-14)24-13-23-20/h1-5,8,10,17-19,22H,6-7,9,11-13H2/t17?,18-,19?/m1/s1. The molecule has 3 heterocycles. The van der Waals surface area contributed by atoms with Gasteiger partial charge in [-0.1, -0.05) is 30.3 Å². The number of piperidine rings is 1. The van der Waals surface area contributed by atoms with Crippen LogP contribution in [0.4, 0.5) is 0 Å². The summed E-state index contributed by atoms with van der Waals surface area (Å²) in [4.78, 5) is 0. The Kier molecular flexibility index (Phi) is 3.48. The van der Waals surface area contributed by atoms with Crippen LogP contribution in [-0.4, -0.2) is 18.9 Å². The van der Waals surface area contributed by atoms with E-state index < -0.39 is 0 Å². The lowest BCUT2D eigenvalue weighted by Crippen LogP contribution is -2.51. The summed E-state index contributed by atoms with van der Waals surface area (Å²) in [5.41, 5.74) is 4.45. The van der Waals surface area contributed by atoms with Crippen LogP contribution in [0.1, 0.15) is 29.5 Å². The second-order valence-electron chi connectivity index (χ2n) is 7.38. The van der Waals surface area contributed by atoms with Crippen molar-refractivity contribution in [1.82, 2.24) is 5.32 Å². The van der Waals surface area contributed by atoms with E-state index in [1.807, 2.05) is 6.07 Å². The van der Waals surface area contributed by atoms with E-state index in [2.05, 4.69) is 41.7 Å². The van der Waals surface area contributed by atoms with E-state index in [0.717, 1.165) is 17.9 Å². The minimum atomic E-state index is 0.349. The summed E-state index contributed by atoms with van der Waals surface area (Å²) in [6, 6.07) is 16.6. The van der Waals surface area contributed by atoms with Gasteiger partial charge in [-0.15, -0.1) is 0 Å². The highest BCUT2D eigenvalue weighted by molar-refractivity contribution is 5.44. The largest absolute Gasteiger partial charge is 0.454 e. The first-order valence-corrected chi connectivity index (χ1v) is 9.06. The van der Waals surface area contributed by atoms with Crippen molar-refractivity contribution in [3.8, 4) is 11.5 Å². The molecule has 2 aromatic rings. The molecule has 4 aliphatic rings. The van der Waals surface area contributed by atoms with E-state index >= 15 is 0 Å². The van der Waals surface area contributed by atoms with Crippen molar-refractivity contribution in [2.75, 3.05) is 6.79 Å². The summed E-state index contributed by atoms with van der Waals surface area (Å²) in [5, 5.41) is 3.94. The number of ether oxygens (including phenoxy) is 2. The van der Waals surface area contributed by atoms with Gasteiger partial charge in [0.25, 0.3) is 0 Å². The van der Waals surface area contributed by atoms with Gasteiger partial charge in [0.1, 0.15) is 0 Å². The molecule has 3 nitrogen and oxygen atoms in total. The topological polar surface area (TPSA) is 30.5 Å². The number of hydrogen-bond acceptors (Lipinski definition) is 3. The van der Waals surface area contributed by atoms with Crippen molar-refractivity contribution in [2.24, 2.45) is 5.92 Å². The highest BCUT2D eigenvalue weighted by atomic mass is 16.7. The summed E-state index contributed by atoms with van der Waals surface area (Å²) in [6.07, 6.45) is 6.07. The van der Waals surface area contributed by atoms with Crippen LogP contribution in [0.5, 0.6) is 11.5 Å². The molecule has 6 rings (SSSR count). The van der Waals surface area contributed by atoms with Crippen LogP contribution in [0.15, 0.2) is 42.5 Å². The van der Waals surface area contributed by atoms with E-state index in [1.165, 1.54) is 31.2 Å². The summed E-state index contributed by atoms with van der Waals surface area (Å²) in [7, 11) is 0. The first kappa shape index (κ1) is 14.4. The fourth-order valence-corrected chi connectivity index (χ4v) is 4.60. The first-order chi connectivity index (χ1) is 11.8. The molecule has 2 bridgehead atoms. The monoisotopic (exact) mass is 321 g/mol. The van der Waals surface area contributed by atoms with Crippen molar-refractivity contribution in [1.29, 1.82) is 0 Å². The maximum Gasteiger partial charge on any atom is 0.231 e. The van der Waals surface area contributed by atoms with Gasteiger partial charge in [0.15, 0.2) is 11.5 Å². The molecule has 1 aliphatic carbocycles. The lowest BCUT2D eigenvalue weighted by molar-refractivity contribution is 0.174. The number of fused-ring (bicyclic) bond motifs is 3. The molecule has 124 valence electrons. The summed E-state index contributed by atoms with van der Waals surface area (Å²) < 4.78 is 11.0. The summed E-state index contributed by atoms with van der Waals surface area (Å²) in [5.74, 6) is 2.49. The number of rotatable bonds is 2. The quantitative estimate of drug-likeness (QED) is 0.918. The van der Waals surface area contributed by atoms with Crippen molar-refractivity contribution >= 4 is 0 Å². The maximum absolute atomic E-state index is 5.54. The van der Waals surface area contributed by atoms with Crippen LogP contribution < -0.4 is 14.8 Å². The van der Waals surface area contributed by atoms with Crippen molar-refractivity contribution in [3.05, 3.63) is 59.2 Å². The second kappa shape index (κ2) is 5.82. The SMILES string of the molecule is c1ccc2c(c1)CC1CC[C@H](C2)NC1Cc1ccc2c(c1)OCO2. The predicted octanol–water partition coefficient (Wildman–Crippen LogP) is 3.49. The summed E-state index contributed by atoms with van der Waals surface area (Å²) >= 11 is 0. The van der Waals surface area contributed by atoms with Gasteiger partial charge < -0.3 is 14.8 Å².